The molecule has 0 heterocycles. The molecule has 1 unspecified atom stereocenters. The molecule has 0 aromatic rings. The van der Waals surface area contributed by atoms with Gasteiger partial charge in [0.25, 0.3) is 0 Å². The van der Waals surface area contributed by atoms with E-state index in [1.165, 1.54) is 257 Å². The molecule has 0 bridgehead atoms. The van der Waals surface area contributed by atoms with Gasteiger partial charge in [-0.2, -0.15) is 0 Å². The second kappa shape index (κ2) is 57.7. The molecule has 0 aromatic heterocycles. The van der Waals surface area contributed by atoms with Crippen LogP contribution in [0.25, 0.3) is 0 Å². The average molecular weight is 930 g/mol. The molecule has 0 amide bonds. The van der Waals surface area contributed by atoms with Gasteiger partial charge in [0.05, 0.1) is 6.61 Å². The van der Waals surface area contributed by atoms with Crippen LogP contribution in [0.2, 0.25) is 0 Å². The zero-order valence-electron chi connectivity index (χ0n) is 45.0. The number of esters is 2. The van der Waals surface area contributed by atoms with E-state index in [1.807, 2.05) is 0 Å². The Morgan fingerprint density at radius 3 is 0.924 bits per heavy atom. The third-order valence-electron chi connectivity index (χ3n) is 13.5. The summed E-state index contributed by atoms with van der Waals surface area (Å²) in [7, 11) is 0. The van der Waals surface area contributed by atoms with Gasteiger partial charge in [-0.15, -0.1) is 0 Å². The van der Waals surface area contributed by atoms with Crippen molar-refractivity contribution in [2.45, 2.75) is 335 Å². The van der Waals surface area contributed by atoms with Crippen LogP contribution in [0.15, 0.2) is 24.3 Å². The minimum atomic E-state index is -0.532. The normalized spacial score (nSPS) is 12.2. The van der Waals surface area contributed by atoms with Gasteiger partial charge in [0, 0.05) is 19.4 Å². The van der Waals surface area contributed by atoms with Crippen molar-refractivity contribution in [2.75, 3.05) is 19.8 Å². The van der Waals surface area contributed by atoms with Gasteiger partial charge in [-0.3, -0.25) is 9.59 Å². The van der Waals surface area contributed by atoms with E-state index in [1.54, 1.807) is 0 Å². The van der Waals surface area contributed by atoms with E-state index >= 15 is 0 Å². The number of carbonyl (C=O) groups excluding carboxylic acids is 2. The number of carbonyl (C=O) groups is 2. The summed E-state index contributed by atoms with van der Waals surface area (Å²) in [6.07, 6.45) is 69.1. The summed E-state index contributed by atoms with van der Waals surface area (Å²) in [6.45, 7) is 7.88. The van der Waals surface area contributed by atoms with Crippen molar-refractivity contribution in [3.05, 3.63) is 24.3 Å². The highest BCUT2D eigenvalue weighted by Crippen LogP contribution is 2.16. The SMILES string of the molecule is CCCCCCCC/C=C\CCCCCCCCCCCC(=O)OCC(COCCCCCCCCCC/C=C\CCCCCCCC)OC(=O)CCCCCCCCCCCCCCC. The van der Waals surface area contributed by atoms with Crippen LogP contribution in [0, 0.1) is 0 Å². The number of rotatable bonds is 56. The maximum absolute atomic E-state index is 12.8. The molecule has 390 valence electrons. The van der Waals surface area contributed by atoms with Crippen LogP contribution in [-0.4, -0.2) is 37.9 Å². The average Bonchev–Trinajstić information content (AvgIpc) is 3.32. The van der Waals surface area contributed by atoms with Crippen molar-refractivity contribution in [1.82, 2.24) is 0 Å². The van der Waals surface area contributed by atoms with E-state index in [4.69, 9.17) is 14.2 Å². The molecule has 5 heteroatoms. The first-order chi connectivity index (χ1) is 32.6. The second-order valence-electron chi connectivity index (χ2n) is 20.3. The highest BCUT2D eigenvalue weighted by molar-refractivity contribution is 5.70. The molecule has 0 saturated heterocycles. The topological polar surface area (TPSA) is 61.8 Å². The minimum Gasteiger partial charge on any atom is -0.462 e. The van der Waals surface area contributed by atoms with Gasteiger partial charge < -0.3 is 14.2 Å². The van der Waals surface area contributed by atoms with Crippen LogP contribution < -0.4 is 0 Å². The van der Waals surface area contributed by atoms with Crippen molar-refractivity contribution < 1.29 is 23.8 Å². The van der Waals surface area contributed by atoms with Crippen molar-refractivity contribution in [1.29, 1.82) is 0 Å². The molecule has 1 atom stereocenters. The number of allylic oxidation sites excluding steroid dienone is 4. The summed E-state index contributed by atoms with van der Waals surface area (Å²) < 4.78 is 17.5. The minimum absolute atomic E-state index is 0.0903. The zero-order valence-corrected chi connectivity index (χ0v) is 45.0. The van der Waals surface area contributed by atoms with Gasteiger partial charge in [-0.25, -0.2) is 0 Å². The molecule has 0 spiro atoms. The van der Waals surface area contributed by atoms with Crippen LogP contribution in [0.4, 0.5) is 0 Å². The van der Waals surface area contributed by atoms with E-state index in [9.17, 15) is 9.59 Å². The molecule has 0 aliphatic rings. The third kappa shape index (κ3) is 55.0. The van der Waals surface area contributed by atoms with E-state index in [0.29, 0.717) is 26.1 Å². The fourth-order valence-corrected chi connectivity index (χ4v) is 8.97. The Balaban J connectivity index is 4.19. The van der Waals surface area contributed by atoms with Crippen LogP contribution in [0.3, 0.4) is 0 Å². The van der Waals surface area contributed by atoms with Crippen molar-refractivity contribution in [2.24, 2.45) is 0 Å². The number of unbranched alkanes of at least 4 members (excludes halogenated alkanes) is 41. The molecular formula is C61H116O5. The number of hydrogen-bond acceptors (Lipinski definition) is 5. The van der Waals surface area contributed by atoms with Gasteiger partial charge in [-0.1, -0.05) is 270 Å². The summed E-state index contributed by atoms with van der Waals surface area (Å²) >= 11 is 0. The monoisotopic (exact) mass is 929 g/mol. The second-order valence-corrected chi connectivity index (χ2v) is 20.3. The van der Waals surface area contributed by atoms with Crippen molar-refractivity contribution in [3.63, 3.8) is 0 Å². The first-order valence-corrected chi connectivity index (χ1v) is 29.9. The quantitative estimate of drug-likeness (QED) is 0.0345. The van der Waals surface area contributed by atoms with Gasteiger partial charge in [0.2, 0.25) is 0 Å². The van der Waals surface area contributed by atoms with Gasteiger partial charge >= 0.3 is 11.9 Å². The van der Waals surface area contributed by atoms with Gasteiger partial charge in [0.15, 0.2) is 6.10 Å². The maximum atomic E-state index is 12.8. The summed E-state index contributed by atoms with van der Waals surface area (Å²) in [5.41, 5.74) is 0. The Hall–Kier alpha value is -1.62. The molecule has 0 radical (unpaired) electrons. The van der Waals surface area contributed by atoms with E-state index in [-0.39, 0.29) is 18.5 Å². The predicted molar refractivity (Wildman–Crippen MR) is 289 cm³/mol. The summed E-state index contributed by atoms with van der Waals surface area (Å²) in [5.74, 6) is -0.379. The van der Waals surface area contributed by atoms with Gasteiger partial charge in [0.1, 0.15) is 6.61 Å². The van der Waals surface area contributed by atoms with Crippen LogP contribution in [0.5, 0.6) is 0 Å². The van der Waals surface area contributed by atoms with Crippen LogP contribution in [-0.2, 0) is 23.8 Å². The fourth-order valence-electron chi connectivity index (χ4n) is 8.97. The molecule has 5 nitrogen and oxygen atoms in total. The number of ether oxygens (including phenoxy) is 3. The van der Waals surface area contributed by atoms with E-state index in [2.05, 4.69) is 45.1 Å². The molecule has 0 saturated carbocycles. The maximum Gasteiger partial charge on any atom is 0.306 e. The molecule has 0 fully saturated rings. The van der Waals surface area contributed by atoms with Crippen LogP contribution >= 0.6 is 0 Å². The summed E-state index contributed by atoms with van der Waals surface area (Å²) in [6, 6.07) is 0. The van der Waals surface area contributed by atoms with Crippen molar-refractivity contribution in [3.8, 4) is 0 Å². The molecule has 0 aliphatic heterocycles. The largest absolute Gasteiger partial charge is 0.462 e. The summed E-state index contributed by atoms with van der Waals surface area (Å²) in [5, 5.41) is 0. The van der Waals surface area contributed by atoms with E-state index < -0.39 is 6.10 Å². The highest BCUT2D eigenvalue weighted by atomic mass is 16.6. The molecule has 0 N–H and O–H groups in total. The lowest BCUT2D eigenvalue weighted by atomic mass is 10.0. The first-order valence-electron chi connectivity index (χ1n) is 29.9. The smallest absolute Gasteiger partial charge is 0.306 e. The molecule has 0 aromatic carbocycles. The lowest BCUT2D eigenvalue weighted by Gasteiger charge is -2.18. The van der Waals surface area contributed by atoms with Gasteiger partial charge in [-0.05, 0) is 70.6 Å². The predicted octanol–water partition coefficient (Wildman–Crippen LogP) is 20.4. The Kier molecular flexibility index (Phi) is 56.3. The fraction of sp³-hybridized carbons (Fsp3) is 0.902. The Morgan fingerprint density at radius 1 is 0.318 bits per heavy atom. The van der Waals surface area contributed by atoms with E-state index in [0.717, 1.165) is 38.5 Å². The first kappa shape index (κ1) is 64.4. The number of hydrogen-bond donors (Lipinski definition) is 0. The molecule has 0 rings (SSSR count). The lowest BCUT2D eigenvalue weighted by Crippen LogP contribution is -2.30. The third-order valence-corrected chi connectivity index (χ3v) is 13.5. The highest BCUT2D eigenvalue weighted by Gasteiger charge is 2.17. The Bertz CT molecular complexity index is 1010. The molecule has 0 aliphatic carbocycles. The van der Waals surface area contributed by atoms with Crippen molar-refractivity contribution >= 4 is 11.9 Å². The zero-order chi connectivity index (χ0) is 47.7. The Labute approximate surface area is 413 Å². The Morgan fingerprint density at radius 2 is 0.591 bits per heavy atom. The molecular weight excluding hydrogens is 813 g/mol. The molecule has 66 heavy (non-hydrogen) atoms. The summed E-state index contributed by atoms with van der Waals surface area (Å²) in [4.78, 5) is 25.5. The lowest BCUT2D eigenvalue weighted by molar-refractivity contribution is -0.163. The van der Waals surface area contributed by atoms with Crippen LogP contribution in [0.1, 0.15) is 329 Å². The standard InChI is InChI=1S/C61H116O5/c1-4-7-10-13-16-19-22-25-27-29-31-32-34-37-39-42-45-48-51-54-60(62)65-58-59(66-61(63)55-52-49-46-43-40-36-24-21-18-15-12-9-6-3)57-64-56-53-50-47-44-41-38-35-33-30-28-26-23-20-17-14-11-8-5-2/h25-28,59H,4-24,29-58H2,1-3H3/b27-25-,28-26-.